The van der Waals surface area contributed by atoms with Crippen molar-refractivity contribution in [2.75, 3.05) is 6.61 Å². The molecule has 1 N–H and O–H groups in total. The third-order valence-corrected chi connectivity index (χ3v) is 2.95. The van der Waals surface area contributed by atoms with Crippen LogP contribution >= 0.6 is 0 Å². The van der Waals surface area contributed by atoms with E-state index in [1.165, 1.54) is 30.1 Å². The number of rotatable bonds is 3. The van der Waals surface area contributed by atoms with Gasteiger partial charge in [-0.2, -0.15) is 0 Å². The van der Waals surface area contributed by atoms with Gasteiger partial charge in [0.2, 0.25) is 0 Å². The van der Waals surface area contributed by atoms with Crippen molar-refractivity contribution in [2.45, 2.75) is 45.6 Å². The average Bonchev–Trinajstić information content (AvgIpc) is 2.58. The van der Waals surface area contributed by atoms with Crippen LogP contribution in [0.15, 0.2) is 0 Å². The molecule has 3 heteroatoms. The van der Waals surface area contributed by atoms with Crippen molar-refractivity contribution in [2.24, 2.45) is 0 Å². The fraction of sp³-hybridized carbons (Fsp3) is 0.727. The molecule has 0 amide bonds. The molecule has 0 aromatic carbocycles. The summed E-state index contributed by atoms with van der Waals surface area (Å²) in [6.07, 6.45) is 5.37. The Morgan fingerprint density at radius 3 is 3.00 bits per heavy atom. The predicted molar refractivity (Wildman–Crippen MR) is 55.3 cm³/mol. The number of aliphatic hydroxyl groups excluding tert-OH is 1. The second kappa shape index (κ2) is 4.13. The van der Waals surface area contributed by atoms with E-state index in [0.29, 0.717) is 0 Å². The second-order valence-corrected chi connectivity index (χ2v) is 3.86. The summed E-state index contributed by atoms with van der Waals surface area (Å²) in [5, 5.41) is 9.02. The summed E-state index contributed by atoms with van der Waals surface area (Å²) in [4.78, 5) is 4.64. The minimum atomic E-state index is 0.234. The second-order valence-electron chi connectivity index (χ2n) is 3.86. The number of aliphatic hydroxyl groups is 1. The standard InChI is InChI=1S/C11H18N2O/c1-2-9-10(6-8-14)13-7-4-3-5-11(13)12-9/h14H,2-8H2,1H3. The summed E-state index contributed by atoms with van der Waals surface area (Å²) in [7, 11) is 0. The highest BCUT2D eigenvalue weighted by molar-refractivity contribution is 5.19. The van der Waals surface area contributed by atoms with Gasteiger partial charge in [-0.3, -0.25) is 0 Å². The number of fused-ring (bicyclic) bond motifs is 1. The van der Waals surface area contributed by atoms with Gasteiger partial charge in [0.25, 0.3) is 0 Å². The van der Waals surface area contributed by atoms with Gasteiger partial charge in [0.1, 0.15) is 5.82 Å². The molecule has 2 rings (SSSR count). The van der Waals surface area contributed by atoms with E-state index in [2.05, 4.69) is 16.5 Å². The van der Waals surface area contributed by atoms with Crippen molar-refractivity contribution >= 4 is 0 Å². The number of hydrogen-bond acceptors (Lipinski definition) is 2. The van der Waals surface area contributed by atoms with Gasteiger partial charge in [0, 0.05) is 31.7 Å². The first-order valence-electron chi connectivity index (χ1n) is 5.54. The summed E-state index contributed by atoms with van der Waals surface area (Å²) in [5.74, 6) is 1.23. The third-order valence-electron chi connectivity index (χ3n) is 2.95. The Morgan fingerprint density at radius 2 is 2.29 bits per heavy atom. The zero-order valence-electron chi connectivity index (χ0n) is 8.79. The Labute approximate surface area is 84.8 Å². The Hall–Kier alpha value is -0.830. The Balaban J connectivity index is 2.37. The smallest absolute Gasteiger partial charge is 0.109 e. The van der Waals surface area contributed by atoms with Crippen molar-refractivity contribution < 1.29 is 5.11 Å². The van der Waals surface area contributed by atoms with Gasteiger partial charge in [-0.1, -0.05) is 6.92 Å². The maximum Gasteiger partial charge on any atom is 0.109 e. The molecule has 0 spiro atoms. The van der Waals surface area contributed by atoms with Crippen LogP contribution in [0.3, 0.4) is 0 Å². The van der Waals surface area contributed by atoms with Gasteiger partial charge < -0.3 is 9.67 Å². The summed E-state index contributed by atoms with van der Waals surface area (Å²) in [5.41, 5.74) is 2.46. The van der Waals surface area contributed by atoms with E-state index in [4.69, 9.17) is 5.11 Å². The molecule has 1 aliphatic heterocycles. The Bertz CT molecular complexity index is 317. The normalized spacial score (nSPS) is 15.6. The van der Waals surface area contributed by atoms with Gasteiger partial charge in [-0.25, -0.2) is 4.98 Å². The number of imidazole rings is 1. The molecular weight excluding hydrogens is 176 g/mol. The van der Waals surface area contributed by atoms with E-state index in [-0.39, 0.29) is 6.61 Å². The Kier molecular flexibility index (Phi) is 2.87. The van der Waals surface area contributed by atoms with Crippen molar-refractivity contribution in [3.8, 4) is 0 Å². The van der Waals surface area contributed by atoms with Gasteiger partial charge in [-0.15, -0.1) is 0 Å². The lowest BCUT2D eigenvalue weighted by atomic mass is 10.1. The van der Waals surface area contributed by atoms with Gasteiger partial charge >= 0.3 is 0 Å². The van der Waals surface area contributed by atoms with Crippen molar-refractivity contribution in [3.63, 3.8) is 0 Å². The summed E-state index contributed by atoms with van der Waals surface area (Å²) in [6.45, 7) is 3.46. The summed E-state index contributed by atoms with van der Waals surface area (Å²) < 4.78 is 2.32. The molecule has 0 unspecified atom stereocenters. The molecule has 0 saturated heterocycles. The van der Waals surface area contributed by atoms with Crippen LogP contribution in [0.1, 0.15) is 37.0 Å². The predicted octanol–water partition coefficient (Wildman–Crippen LogP) is 1.32. The number of nitrogens with zero attached hydrogens (tertiary/aromatic N) is 2. The molecule has 1 aromatic heterocycles. The lowest BCUT2D eigenvalue weighted by Crippen LogP contribution is -2.14. The first-order chi connectivity index (χ1) is 6.86. The molecule has 0 aliphatic carbocycles. The zero-order valence-corrected chi connectivity index (χ0v) is 8.79. The molecule has 78 valence electrons. The van der Waals surface area contributed by atoms with Crippen LogP contribution in [0.4, 0.5) is 0 Å². The third kappa shape index (κ3) is 1.57. The minimum absolute atomic E-state index is 0.234. The van der Waals surface area contributed by atoms with E-state index in [1.807, 2.05) is 0 Å². The van der Waals surface area contributed by atoms with E-state index in [9.17, 15) is 0 Å². The molecule has 0 saturated carbocycles. The highest BCUT2D eigenvalue weighted by atomic mass is 16.3. The maximum absolute atomic E-state index is 9.02. The van der Waals surface area contributed by atoms with E-state index in [0.717, 1.165) is 25.8 Å². The zero-order chi connectivity index (χ0) is 9.97. The lowest BCUT2D eigenvalue weighted by molar-refractivity contribution is 0.295. The minimum Gasteiger partial charge on any atom is -0.396 e. The quantitative estimate of drug-likeness (QED) is 0.788. The van der Waals surface area contributed by atoms with Crippen LogP contribution < -0.4 is 0 Å². The Morgan fingerprint density at radius 1 is 1.43 bits per heavy atom. The summed E-state index contributed by atoms with van der Waals surface area (Å²) >= 11 is 0. The molecule has 3 nitrogen and oxygen atoms in total. The number of aromatic nitrogens is 2. The van der Waals surface area contributed by atoms with Crippen molar-refractivity contribution in [1.29, 1.82) is 0 Å². The molecular formula is C11H18N2O. The molecule has 0 bridgehead atoms. The van der Waals surface area contributed by atoms with Crippen molar-refractivity contribution in [1.82, 2.24) is 9.55 Å². The highest BCUT2D eigenvalue weighted by Gasteiger charge is 2.17. The molecule has 1 aliphatic rings. The van der Waals surface area contributed by atoms with E-state index >= 15 is 0 Å². The van der Waals surface area contributed by atoms with Gasteiger partial charge in [0.15, 0.2) is 0 Å². The molecule has 14 heavy (non-hydrogen) atoms. The number of aryl methyl sites for hydroxylation is 2. The molecule has 1 aromatic rings. The molecule has 0 fully saturated rings. The monoisotopic (exact) mass is 194 g/mol. The first kappa shape index (κ1) is 9.71. The van der Waals surface area contributed by atoms with E-state index < -0.39 is 0 Å². The molecule has 2 heterocycles. The largest absolute Gasteiger partial charge is 0.396 e. The van der Waals surface area contributed by atoms with Crippen LogP contribution in [0.25, 0.3) is 0 Å². The highest BCUT2D eigenvalue weighted by Crippen LogP contribution is 2.20. The fourth-order valence-electron chi connectivity index (χ4n) is 2.27. The topological polar surface area (TPSA) is 38.0 Å². The van der Waals surface area contributed by atoms with Gasteiger partial charge in [0.05, 0.1) is 5.69 Å². The average molecular weight is 194 g/mol. The van der Waals surface area contributed by atoms with Crippen LogP contribution in [0.2, 0.25) is 0 Å². The van der Waals surface area contributed by atoms with Crippen LogP contribution in [0.5, 0.6) is 0 Å². The SMILES string of the molecule is CCc1nc2n(c1CCO)CCCC2. The van der Waals surface area contributed by atoms with Crippen molar-refractivity contribution in [3.05, 3.63) is 17.2 Å². The van der Waals surface area contributed by atoms with E-state index in [1.54, 1.807) is 0 Å². The van der Waals surface area contributed by atoms with Crippen LogP contribution in [-0.4, -0.2) is 21.3 Å². The fourth-order valence-corrected chi connectivity index (χ4v) is 2.27. The van der Waals surface area contributed by atoms with Gasteiger partial charge in [-0.05, 0) is 19.3 Å². The molecule has 0 radical (unpaired) electrons. The summed E-state index contributed by atoms with van der Waals surface area (Å²) in [6, 6.07) is 0. The first-order valence-corrected chi connectivity index (χ1v) is 5.54. The van der Waals surface area contributed by atoms with Crippen LogP contribution in [-0.2, 0) is 25.8 Å². The number of hydrogen-bond donors (Lipinski definition) is 1. The van der Waals surface area contributed by atoms with Crippen LogP contribution in [0, 0.1) is 0 Å². The maximum atomic E-state index is 9.02. The molecule has 0 atom stereocenters. The lowest BCUT2D eigenvalue weighted by Gasteiger charge is -2.16.